The third-order valence-electron chi connectivity index (χ3n) is 5.73. The number of anilines is 3. The minimum Gasteiger partial charge on any atom is -0.325 e. The highest BCUT2D eigenvalue weighted by molar-refractivity contribution is 7.98. The van der Waals surface area contributed by atoms with Crippen molar-refractivity contribution in [2.24, 2.45) is 0 Å². The fourth-order valence-electron chi connectivity index (χ4n) is 3.63. The van der Waals surface area contributed by atoms with Gasteiger partial charge in [0.05, 0.1) is 15.5 Å². The number of carbonyl (C=O) groups excluding carboxylic acids is 1. The Hall–Kier alpha value is -3.94. The molecule has 208 valence electrons. The van der Waals surface area contributed by atoms with E-state index in [1.165, 1.54) is 54.4 Å². The summed E-state index contributed by atoms with van der Waals surface area (Å²) in [5.74, 6) is -0.662. The Morgan fingerprint density at radius 1 is 0.850 bits per heavy atom. The van der Waals surface area contributed by atoms with Gasteiger partial charge in [-0.15, -0.1) is 11.8 Å². The zero-order chi connectivity index (χ0) is 28.9. The quantitative estimate of drug-likeness (QED) is 0.256. The largest absolute Gasteiger partial charge is 0.325 e. The summed E-state index contributed by atoms with van der Waals surface area (Å²) in [5.41, 5.74) is 2.17. The van der Waals surface area contributed by atoms with Gasteiger partial charge in [-0.25, -0.2) is 31.5 Å². The van der Waals surface area contributed by atoms with Crippen molar-refractivity contribution in [3.8, 4) is 0 Å². The molecular weight excluding hydrogens is 571 g/mol. The molecular formula is C27H27N5O5S3. The van der Waals surface area contributed by atoms with Crippen LogP contribution in [0.2, 0.25) is 0 Å². The highest BCUT2D eigenvalue weighted by Crippen LogP contribution is 2.26. The topological polar surface area (TPSA) is 138 Å². The Morgan fingerprint density at radius 3 is 2.08 bits per heavy atom. The number of amides is 1. The van der Waals surface area contributed by atoms with Crippen LogP contribution in [0.25, 0.3) is 0 Å². The lowest BCUT2D eigenvalue weighted by Gasteiger charge is -2.24. The summed E-state index contributed by atoms with van der Waals surface area (Å²) in [5, 5.41) is 2.64. The fraction of sp³-hybridized carbons (Fsp3) is 0.148. The number of aromatic nitrogens is 2. The highest BCUT2D eigenvalue weighted by Gasteiger charge is 2.27. The van der Waals surface area contributed by atoms with E-state index in [1.807, 2.05) is 13.2 Å². The molecule has 3 aromatic carbocycles. The molecule has 0 aliphatic rings. The van der Waals surface area contributed by atoms with Gasteiger partial charge >= 0.3 is 0 Å². The van der Waals surface area contributed by atoms with Gasteiger partial charge < -0.3 is 5.32 Å². The monoisotopic (exact) mass is 597 g/mol. The van der Waals surface area contributed by atoms with Crippen LogP contribution in [0.1, 0.15) is 11.3 Å². The number of aryl methyl sites for hydroxylation is 2. The van der Waals surface area contributed by atoms with Crippen molar-refractivity contribution in [2.45, 2.75) is 28.5 Å². The lowest BCUT2D eigenvalue weighted by molar-refractivity contribution is -0.114. The summed E-state index contributed by atoms with van der Waals surface area (Å²) in [6.45, 7) is 3.09. The van der Waals surface area contributed by atoms with Crippen molar-refractivity contribution >= 4 is 55.0 Å². The summed E-state index contributed by atoms with van der Waals surface area (Å²) in [4.78, 5) is 21.9. The zero-order valence-corrected chi connectivity index (χ0v) is 24.3. The molecule has 1 aromatic heterocycles. The van der Waals surface area contributed by atoms with E-state index in [9.17, 15) is 21.6 Å². The molecule has 4 aromatic rings. The van der Waals surface area contributed by atoms with Gasteiger partial charge in [0.1, 0.15) is 6.54 Å². The lowest BCUT2D eigenvalue weighted by Crippen LogP contribution is -2.38. The summed E-state index contributed by atoms with van der Waals surface area (Å²) in [7, 11) is -8.04. The minimum atomic E-state index is -4.07. The molecule has 13 heteroatoms. The number of nitrogens with zero attached hydrogens (tertiary/aromatic N) is 3. The first kappa shape index (κ1) is 29.1. The number of hydrogen-bond acceptors (Lipinski definition) is 8. The van der Waals surface area contributed by atoms with Crippen LogP contribution in [0.3, 0.4) is 0 Å². The average molecular weight is 598 g/mol. The second-order valence-corrected chi connectivity index (χ2v) is 13.1. The lowest BCUT2D eigenvalue weighted by atomic mass is 10.2. The predicted octanol–water partition coefficient (Wildman–Crippen LogP) is 4.45. The van der Waals surface area contributed by atoms with E-state index in [0.717, 1.165) is 14.8 Å². The first-order chi connectivity index (χ1) is 19.0. The van der Waals surface area contributed by atoms with Gasteiger partial charge in [-0.2, -0.15) is 0 Å². The molecule has 2 N–H and O–H groups in total. The van der Waals surface area contributed by atoms with Gasteiger partial charge in [0.15, 0.2) is 0 Å². The maximum Gasteiger partial charge on any atom is 0.264 e. The van der Waals surface area contributed by atoms with Gasteiger partial charge in [0, 0.05) is 22.5 Å². The number of thioether (sulfide) groups is 1. The normalized spacial score (nSPS) is 11.6. The van der Waals surface area contributed by atoms with E-state index < -0.39 is 32.5 Å². The number of nitrogens with one attached hydrogen (secondary N) is 2. The van der Waals surface area contributed by atoms with E-state index >= 15 is 0 Å². The second kappa shape index (κ2) is 12.1. The van der Waals surface area contributed by atoms with Crippen LogP contribution in [0.4, 0.5) is 17.3 Å². The maximum absolute atomic E-state index is 13.6. The highest BCUT2D eigenvalue weighted by atomic mass is 32.2. The summed E-state index contributed by atoms with van der Waals surface area (Å²) in [6, 6.07) is 20.3. The Balaban J connectivity index is 1.53. The third-order valence-corrected chi connectivity index (χ3v) is 9.60. The number of benzene rings is 3. The molecule has 0 saturated heterocycles. The minimum absolute atomic E-state index is 0.0540. The molecule has 0 aliphatic heterocycles. The molecule has 1 amide bonds. The standard InChI is InChI=1S/C27H27N5O5S3/c1-19-4-8-22(9-5-19)32(40(36,37)25-14-10-23(38-3)11-15-25)18-26(33)30-21-6-12-24(13-7-21)39(34,35)31-27-28-17-16-20(2)29-27/h4-17H,18H2,1-3H3,(H,30,33)(H,28,29,31). The number of sulfonamides is 2. The molecule has 0 fully saturated rings. The molecule has 40 heavy (non-hydrogen) atoms. The first-order valence-electron chi connectivity index (χ1n) is 11.9. The van der Waals surface area contributed by atoms with Crippen molar-refractivity contribution in [1.82, 2.24) is 9.97 Å². The van der Waals surface area contributed by atoms with E-state index in [4.69, 9.17) is 0 Å². The Kier molecular flexibility index (Phi) is 8.76. The Morgan fingerprint density at radius 2 is 1.48 bits per heavy atom. The van der Waals surface area contributed by atoms with E-state index in [-0.39, 0.29) is 15.7 Å². The van der Waals surface area contributed by atoms with Crippen LogP contribution in [0, 0.1) is 13.8 Å². The molecule has 0 radical (unpaired) electrons. The van der Waals surface area contributed by atoms with Crippen LogP contribution in [0.15, 0.2) is 99.7 Å². The molecule has 0 bridgehead atoms. The molecule has 0 saturated carbocycles. The third kappa shape index (κ3) is 6.97. The van der Waals surface area contributed by atoms with Crippen molar-refractivity contribution in [3.63, 3.8) is 0 Å². The maximum atomic E-state index is 13.6. The second-order valence-electron chi connectivity index (χ2n) is 8.72. The summed E-state index contributed by atoms with van der Waals surface area (Å²) < 4.78 is 55.9. The molecule has 0 aliphatic carbocycles. The molecule has 0 unspecified atom stereocenters. The van der Waals surface area contributed by atoms with Crippen LogP contribution in [-0.2, 0) is 24.8 Å². The van der Waals surface area contributed by atoms with E-state index in [2.05, 4.69) is 20.0 Å². The van der Waals surface area contributed by atoms with Crippen molar-refractivity contribution in [3.05, 3.63) is 96.3 Å². The molecule has 0 spiro atoms. The average Bonchev–Trinajstić information content (AvgIpc) is 2.92. The van der Waals surface area contributed by atoms with E-state index in [0.29, 0.717) is 17.1 Å². The predicted molar refractivity (Wildman–Crippen MR) is 157 cm³/mol. The molecule has 0 atom stereocenters. The smallest absolute Gasteiger partial charge is 0.264 e. The van der Waals surface area contributed by atoms with E-state index in [1.54, 1.807) is 49.4 Å². The first-order valence-corrected chi connectivity index (χ1v) is 16.1. The molecule has 4 rings (SSSR count). The number of rotatable bonds is 10. The van der Waals surface area contributed by atoms with Crippen LogP contribution in [0.5, 0.6) is 0 Å². The van der Waals surface area contributed by atoms with Crippen LogP contribution < -0.4 is 14.3 Å². The van der Waals surface area contributed by atoms with Gasteiger partial charge in [0.2, 0.25) is 11.9 Å². The van der Waals surface area contributed by atoms with Crippen molar-refractivity contribution in [1.29, 1.82) is 0 Å². The van der Waals surface area contributed by atoms with Gasteiger partial charge in [-0.3, -0.25) is 9.10 Å². The molecule has 10 nitrogen and oxygen atoms in total. The Bertz CT molecular complexity index is 1710. The Labute approximate surface area is 238 Å². The van der Waals surface area contributed by atoms with Crippen LogP contribution in [-0.4, -0.2) is 45.5 Å². The van der Waals surface area contributed by atoms with Gasteiger partial charge in [-0.05, 0) is 86.8 Å². The van der Waals surface area contributed by atoms with Crippen molar-refractivity contribution < 1.29 is 21.6 Å². The fourth-order valence-corrected chi connectivity index (χ4v) is 6.41. The SMILES string of the molecule is CSc1ccc(S(=O)(=O)N(CC(=O)Nc2ccc(S(=O)(=O)Nc3nccc(C)n3)cc2)c2ccc(C)cc2)cc1. The van der Waals surface area contributed by atoms with Crippen LogP contribution >= 0.6 is 11.8 Å². The zero-order valence-electron chi connectivity index (χ0n) is 21.9. The summed E-state index contributed by atoms with van der Waals surface area (Å²) in [6.07, 6.45) is 3.33. The number of hydrogen-bond donors (Lipinski definition) is 2. The number of carbonyl (C=O) groups is 1. The molecule has 1 heterocycles. The van der Waals surface area contributed by atoms with Gasteiger partial charge in [-0.1, -0.05) is 17.7 Å². The summed E-state index contributed by atoms with van der Waals surface area (Å²) >= 11 is 1.49. The van der Waals surface area contributed by atoms with Gasteiger partial charge in [0.25, 0.3) is 20.0 Å². The van der Waals surface area contributed by atoms with Crippen molar-refractivity contribution in [2.75, 3.05) is 27.1 Å².